The summed E-state index contributed by atoms with van der Waals surface area (Å²) in [6, 6.07) is 10.5. The van der Waals surface area contributed by atoms with Crippen molar-refractivity contribution in [3.63, 3.8) is 0 Å². The topological polar surface area (TPSA) is 101 Å². The number of nitro benzene ring substituents is 1. The summed E-state index contributed by atoms with van der Waals surface area (Å²) in [5.74, 6) is -1.38. The Morgan fingerprint density at radius 2 is 1.88 bits per heavy atom. The van der Waals surface area contributed by atoms with Crippen LogP contribution in [-0.4, -0.2) is 52.3 Å². The van der Waals surface area contributed by atoms with Crippen LogP contribution in [0.4, 0.5) is 23.2 Å². The van der Waals surface area contributed by atoms with Crippen LogP contribution in [0.2, 0.25) is 0 Å². The molecule has 0 radical (unpaired) electrons. The van der Waals surface area contributed by atoms with Crippen molar-refractivity contribution in [3.8, 4) is 17.0 Å². The third-order valence-electron chi connectivity index (χ3n) is 4.85. The fourth-order valence-corrected chi connectivity index (χ4v) is 3.17. The van der Waals surface area contributed by atoms with Crippen molar-refractivity contribution in [2.24, 2.45) is 0 Å². The van der Waals surface area contributed by atoms with Crippen molar-refractivity contribution < 1.29 is 32.0 Å². The van der Waals surface area contributed by atoms with E-state index in [0.717, 1.165) is 29.5 Å². The second-order valence-corrected chi connectivity index (χ2v) is 7.46. The predicted octanol–water partition coefficient (Wildman–Crippen LogP) is 4.77. The van der Waals surface area contributed by atoms with Gasteiger partial charge in [-0.15, -0.1) is 0 Å². The van der Waals surface area contributed by atoms with E-state index >= 15 is 0 Å². The summed E-state index contributed by atoms with van der Waals surface area (Å²) < 4.78 is 54.9. The summed E-state index contributed by atoms with van der Waals surface area (Å²) in [6.07, 6.45) is -3.61. The summed E-state index contributed by atoms with van der Waals surface area (Å²) in [7, 11) is 1.44. The number of nitrogens with zero attached hydrogens (tertiary/aromatic N) is 3. The van der Waals surface area contributed by atoms with Gasteiger partial charge in [-0.2, -0.15) is 18.3 Å². The molecule has 1 amide bonds. The average molecular weight is 480 g/mol. The number of amides is 1. The number of benzene rings is 2. The Hall–Kier alpha value is -3.96. The third-order valence-corrected chi connectivity index (χ3v) is 4.85. The van der Waals surface area contributed by atoms with Crippen LogP contribution in [0.5, 0.6) is 5.75 Å². The van der Waals surface area contributed by atoms with Gasteiger partial charge >= 0.3 is 6.18 Å². The first-order chi connectivity index (χ1) is 16.0. The number of aryl methyl sites for hydroxylation is 1. The maximum atomic E-state index is 13.1. The smallest absolute Gasteiger partial charge is 0.422 e. The van der Waals surface area contributed by atoms with Crippen molar-refractivity contribution in [3.05, 3.63) is 75.7 Å². The summed E-state index contributed by atoms with van der Waals surface area (Å²) in [5, 5.41) is 18.3. The highest BCUT2D eigenvalue weighted by Gasteiger charge is 2.29. The zero-order valence-corrected chi connectivity index (χ0v) is 17.9. The number of hydrogen-bond acceptors (Lipinski definition) is 5. The second-order valence-electron chi connectivity index (χ2n) is 7.46. The molecule has 0 bridgehead atoms. The van der Waals surface area contributed by atoms with Gasteiger partial charge in [0.15, 0.2) is 6.61 Å². The maximum absolute atomic E-state index is 13.1. The van der Waals surface area contributed by atoms with Crippen LogP contribution in [0.25, 0.3) is 11.3 Å². The SMILES string of the molecule is CN(CCCc1cc(-c2ccc(F)cc2)n[nH]1)C(=O)c1cc(OCC(F)(F)F)ccc1[N+](=O)[O-]. The largest absolute Gasteiger partial charge is 0.484 e. The number of carbonyl (C=O) groups excluding carboxylic acids is 1. The Kier molecular flexibility index (Phi) is 7.49. The van der Waals surface area contributed by atoms with Gasteiger partial charge in [0, 0.05) is 30.9 Å². The van der Waals surface area contributed by atoms with E-state index in [0.29, 0.717) is 18.5 Å². The minimum absolute atomic E-state index is 0.217. The number of hydrogen-bond donors (Lipinski definition) is 1. The summed E-state index contributed by atoms with van der Waals surface area (Å²) >= 11 is 0. The van der Waals surface area contributed by atoms with Crippen LogP contribution < -0.4 is 4.74 Å². The number of aromatic nitrogens is 2. The molecule has 0 aliphatic rings. The summed E-state index contributed by atoms with van der Waals surface area (Å²) in [4.78, 5) is 24.5. The van der Waals surface area contributed by atoms with E-state index in [1.54, 1.807) is 18.2 Å². The number of ether oxygens (including phenoxy) is 1. The average Bonchev–Trinajstić information content (AvgIpc) is 3.25. The Morgan fingerprint density at radius 3 is 2.53 bits per heavy atom. The lowest BCUT2D eigenvalue weighted by Crippen LogP contribution is -2.28. The van der Waals surface area contributed by atoms with Crippen molar-refractivity contribution in [2.75, 3.05) is 20.2 Å². The van der Waals surface area contributed by atoms with Gasteiger partial charge in [-0.25, -0.2) is 4.39 Å². The zero-order valence-electron chi connectivity index (χ0n) is 17.9. The molecule has 34 heavy (non-hydrogen) atoms. The number of nitro groups is 1. The zero-order chi connectivity index (χ0) is 24.9. The molecule has 0 spiro atoms. The van der Waals surface area contributed by atoms with Crippen LogP contribution in [-0.2, 0) is 6.42 Å². The molecule has 1 aromatic heterocycles. The standard InChI is InChI=1S/C22H20F4N4O4/c1-29(10-2-3-16-11-19(28-27-16)14-4-6-15(23)7-5-14)21(31)18-12-17(34-13-22(24,25)26)8-9-20(18)30(32)33/h4-9,11-12H,2-3,10,13H2,1H3,(H,27,28). The molecule has 0 saturated heterocycles. The molecule has 3 aromatic rings. The van der Waals surface area contributed by atoms with Crippen molar-refractivity contribution in [1.82, 2.24) is 15.1 Å². The van der Waals surface area contributed by atoms with Gasteiger partial charge in [0.1, 0.15) is 17.1 Å². The Labute approximate surface area is 191 Å². The lowest BCUT2D eigenvalue weighted by Gasteiger charge is -2.17. The molecule has 1 heterocycles. The number of alkyl halides is 3. The van der Waals surface area contributed by atoms with Gasteiger partial charge in [0.25, 0.3) is 11.6 Å². The molecule has 12 heteroatoms. The maximum Gasteiger partial charge on any atom is 0.422 e. The molecule has 2 aromatic carbocycles. The number of carbonyl (C=O) groups is 1. The minimum Gasteiger partial charge on any atom is -0.484 e. The van der Waals surface area contributed by atoms with Gasteiger partial charge in [-0.3, -0.25) is 20.0 Å². The highest BCUT2D eigenvalue weighted by Crippen LogP contribution is 2.27. The molecule has 3 rings (SSSR count). The van der Waals surface area contributed by atoms with Crippen molar-refractivity contribution in [1.29, 1.82) is 0 Å². The van der Waals surface area contributed by atoms with Gasteiger partial charge in [-0.1, -0.05) is 0 Å². The monoisotopic (exact) mass is 480 g/mol. The highest BCUT2D eigenvalue weighted by atomic mass is 19.4. The third kappa shape index (κ3) is 6.53. The molecule has 0 saturated carbocycles. The molecule has 180 valence electrons. The lowest BCUT2D eigenvalue weighted by molar-refractivity contribution is -0.385. The molecule has 8 nitrogen and oxygen atoms in total. The first-order valence-corrected chi connectivity index (χ1v) is 10.1. The number of H-pyrrole nitrogens is 1. The van der Waals surface area contributed by atoms with Gasteiger partial charge in [0.2, 0.25) is 0 Å². The van der Waals surface area contributed by atoms with Crippen LogP contribution >= 0.6 is 0 Å². The fraction of sp³-hybridized carbons (Fsp3) is 0.273. The first kappa shape index (κ1) is 24.7. The van der Waals surface area contributed by atoms with E-state index in [1.165, 1.54) is 24.1 Å². The Balaban J connectivity index is 1.62. The fourth-order valence-electron chi connectivity index (χ4n) is 3.17. The van der Waals surface area contributed by atoms with E-state index in [-0.39, 0.29) is 23.7 Å². The van der Waals surface area contributed by atoms with Gasteiger partial charge < -0.3 is 9.64 Å². The molecule has 0 unspecified atom stereocenters. The summed E-state index contributed by atoms with van der Waals surface area (Å²) in [6.45, 7) is -1.37. The van der Waals surface area contributed by atoms with Crippen molar-refractivity contribution >= 4 is 11.6 Å². The van der Waals surface area contributed by atoms with E-state index < -0.39 is 29.3 Å². The van der Waals surface area contributed by atoms with Crippen LogP contribution in [0.1, 0.15) is 22.5 Å². The summed E-state index contributed by atoms with van der Waals surface area (Å²) in [5.41, 5.74) is 1.23. The van der Waals surface area contributed by atoms with Crippen molar-refractivity contribution in [2.45, 2.75) is 19.0 Å². The normalized spacial score (nSPS) is 11.3. The number of nitrogens with one attached hydrogen (secondary N) is 1. The van der Waals surface area contributed by atoms with Crippen LogP contribution in [0.3, 0.4) is 0 Å². The minimum atomic E-state index is -4.59. The predicted molar refractivity (Wildman–Crippen MR) is 114 cm³/mol. The molecule has 0 aliphatic carbocycles. The second kappa shape index (κ2) is 10.3. The highest BCUT2D eigenvalue weighted by molar-refractivity contribution is 5.98. The number of halogens is 4. The lowest BCUT2D eigenvalue weighted by atomic mass is 10.1. The van der Waals surface area contributed by atoms with E-state index in [1.807, 2.05) is 0 Å². The van der Waals surface area contributed by atoms with E-state index in [2.05, 4.69) is 14.9 Å². The molecule has 0 fully saturated rings. The quantitative estimate of drug-likeness (QED) is 0.270. The Bertz CT molecular complexity index is 1160. The first-order valence-electron chi connectivity index (χ1n) is 10.1. The van der Waals surface area contributed by atoms with Gasteiger partial charge in [-0.05, 0) is 55.3 Å². The van der Waals surface area contributed by atoms with Crippen LogP contribution in [0, 0.1) is 15.9 Å². The van der Waals surface area contributed by atoms with Crippen LogP contribution in [0.15, 0.2) is 48.5 Å². The van der Waals surface area contributed by atoms with Gasteiger partial charge in [0.05, 0.1) is 10.6 Å². The van der Waals surface area contributed by atoms with E-state index in [9.17, 15) is 32.5 Å². The molecule has 1 N–H and O–H groups in total. The number of rotatable bonds is 9. The molecule has 0 atom stereocenters. The molecule has 0 aliphatic heterocycles. The Morgan fingerprint density at radius 1 is 1.18 bits per heavy atom. The molecular weight excluding hydrogens is 460 g/mol. The molecular formula is C22H20F4N4O4. The number of aromatic amines is 1. The van der Waals surface area contributed by atoms with E-state index in [4.69, 9.17) is 0 Å².